The van der Waals surface area contributed by atoms with Gasteiger partial charge in [0.05, 0.1) is 26.9 Å². The van der Waals surface area contributed by atoms with Crippen LogP contribution in [0.4, 0.5) is 5.69 Å². The molecule has 1 N–H and O–H groups in total. The third-order valence-electron chi connectivity index (χ3n) is 5.75. The molecule has 1 aromatic rings. The molecule has 2 fully saturated rings. The van der Waals surface area contributed by atoms with Gasteiger partial charge in [-0.25, -0.2) is 0 Å². The molecule has 1 atom stereocenters. The van der Waals surface area contributed by atoms with Crippen LogP contribution in [0.15, 0.2) is 18.2 Å². The first-order valence-electron chi connectivity index (χ1n) is 9.50. The molecule has 2 saturated heterocycles. The minimum atomic E-state index is -0.935. The molecule has 154 valence electrons. The Morgan fingerprint density at radius 1 is 1.07 bits per heavy atom. The molecule has 4 rings (SSSR count). The van der Waals surface area contributed by atoms with Crippen molar-refractivity contribution in [1.29, 1.82) is 0 Å². The first-order valence-corrected chi connectivity index (χ1v) is 12.8. The zero-order chi connectivity index (χ0) is 20.5. The Bertz CT molecular complexity index is 871. The number of halogens is 1. The maximum Gasteiger partial charge on any atom is 0.262 e. The molecule has 10 heteroatoms. The number of rotatable bonds is 5. The molecule has 0 aromatic heterocycles. The highest BCUT2D eigenvalue weighted by Crippen LogP contribution is 2.32. The molecule has 0 saturated carbocycles. The Morgan fingerprint density at radius 2 is 1.79 bits per heavy atom. The number of piperidine rings is 2. The number of carbonyl (C=O) groups is 4. The van der Waals surface area contributed by atoms with E-state index < -0.39 is 23.8 Å². The molecule has 0 spiro atoms. The Hall–Kier alpha value is -1.66. The van der Waals surface area contributed by atoms with Crippen LogP contribution in [0.2, 0.25) is 0 Å². The maximum atomic E-state index is 12.9. The second kappa shape index (κ2) is 8.60. The number of nitrogens with one attached hydrogen (secondary N) is 1. The maximum absolute atomic E-state index is 12.9. The number of imide groups is 2. The standard InChI is InChI=1S/C19H20IN3O5S/c20-29-28-10-11-5-7-22(8-6-11)12-1-2-13-14(9-12)19(27)23(18(13)26)15-3-4-16(24)21-17(15)25/h1-2,9,11,15H,3-8,10H2,(H,21,24,25). The lowest BCUT2D eigenvalue weighted by Crippen LogP contribution is -2.54. The van der Waals surface area contributed by atoms with Crippen molar-refractivity contribution >= 4 is 59.7 Å². The molecule has 8 nitrogen and oxygen atoms in total. The second-order valence-electron chi connectivity index (χ2n) is 7.46. The Balaban J connectivity index is 1.49. The van der Waals surface area contributed by atoms with Gasteiger partial charge in [0, 0.05) is 46.4 Å². The van der Waals surface area contributed by atoms with Crippen LogP contribution in [0.5, 0.6) is 0 Å². The highest BCUT2D eigenvalue weighted by Gasteiger charge is 2.44. The lowest BCUT2D eigenvalue weighted by atomic mass is 9.97. The molecule has 1 aromatic carbocycles. The molecule has 4 amide bonds. The van der Waals surface area contributed by atoms with Gasteiger partial charge in [0.1, 0.15) is 6.04 Å². The van der Waals surface area contributed by atoms with E-state index >= 15 is 0 Å². The Labute approximate surface area is 184 Å². The van der Waals surface area contributed by atoms with E-state index in [2.05, 4.69) is 31.4 Å². The molecule has 1 unspecified atom stereocenters. The van der Waals surface area contributed by atoms with Crippen LogP contribution in [0.25, 0.3) is 0 Å². The fraction of sp³-hybridized carbons (Fsp3) is 0.474. The number of hydrogen-bond donors (Lipinski definition) is 1. The Morgan fingerprint density at radius 3 is 2.48 bits per heavy atom. The van der Waals surface area contributed by atoms with Crippen LogP contribution in [0, 0.1) is 5.92 Å². The zero-order valence-electron chi connectivity index (χ0n) is 15.6. The van der Waals surface area contributed by atoms with E-state index in [-0.39, 0.29) is 18.7 Å². The van der Waals surface area contributed by atoms with Gasteiger partial charge < -0.3 is 9.08 Å². The van der Waals surface area contributed by atoms with Crippen molar-refractivity contribution in [3.05, 3.63) is 29.3 Å². The number of amides is 4. The van der Waals surface area contributed by atoms with Crippen LogP contribution in [0.1, 0.15) is 46.4 Å². The van der Waals surface area contributed by atoms with Gasteiger partial charge in [-0.3, -0.25) is 29.4 Å². The van der Waals surface area contributed by atoms with Crippen molar-refractivity contribution in [3.63, 3.8) is 0 Å². The van der Waals surface area contributed by atoms with Crippen molar-refractivity contribution in [3.8, 4) is 0 Å². The summed E-state index contributed by atoms with van der Waals surface area (Å²) >= 11 is 2.12. The first-order chi connectivity index (χ1) is 14.0. The lowest BCUT2D eigenvalue weighted by molar-refractivity contribution is -0.136. The van der Waals surface area contributed by atoms with Crippen molar-refractivity contribution in [1.82, 2.24) is 10.2 Å². The van der Waals surface area contributed by atoms with E-state index in [0.29, 0.717) is 17.0 Å². The summed E-state index contributed by atoms with van der Waals surface area (Å²) in [6.45, 7) is 2.45. The van der Waals surface area contributed by atoms with Gasteiger partial charge in [-0.05, 0) is 43.4 Å². The number of nitrogens with zero attached hydrogens (tertiary/aromatic N) is 2. The van der Waals surface area contributed by atoms with E-state index in [4.69, 9.17) is 4.18 Å². The Kier molecular flexibility index (Phi) is 6.11. The molecular weight excluding hydrogens is 509 g/mol. The van der Waals surface area contributed by atoms with Gasteiger partial charge in [0.15, 0.2) is 0 Å². The summed E-state index contributed by atoms with van der Waals surface area (Å²) in [4.78, 5) is 52.5. The number of fused-ring (bicyclic) bond motifs is 1. The van der Waals surface area contributed by atoms with Crippen molar-refractivity contribution in [2.24, 2.45) is 5.92 Å². The third-order valence-corrected chi connectivity index (χ3v) is 6.74. The quantitative estimate of drug-likeness (QED) is 0.356. The average molecular weight is 529 g/mol. The number of carbonyl (C=O) groups excluding carboxylic acids is 4. The van der Waals surface area contributed by atoms with E-state index in [1.165, 1.54) is 9.21 Å². The summed E-state index contributed by atoms with van der Waals surface area (Å²) in [6, 6.07) is 4.34. The zero-order valence-corrected chi connectivity index (χ0v) is 18.5. The minimum Gasteiger partial charge on any atom is -0.371 e. The number of hydrogen-bond acceptors (Lipinski definition) is 7. The van der Waals surface area contributed by atoms with E-state index in [0.717, 1.165) is 43.1 Å². The van der Waals surface area contributed by atoms with Crippen LogP contribution in [0.3, 0.4) is 0 Å². The molecule has 3 aliphatic rings. The summed E-state index contributed by atoms with van der Waals surface area (Å²) in [7, 11) is 1.35. The highest BCUT2D eigenvalue weighted by atomic mass is 127. The summed E-state index contributed by atoms with van der Waals surface area (Å²) in [5.41, 5.74) is 1.53. The summed E-state index contributed by atoms with van der Waals surface area (Å²) in [6.07, 6.45) is 2.28. The topological polar surface area (TPSA) is 96.0 Å². The summed E-state index contributed by atoms with van der Waals surface area (Å²) < 4.78 is 5.43. The predicted molar refractivity (Wildman–Crippen MR) is 116 cm³/mol. The third kappa shape index (κ3) is 4.02. The highest BCUT2D eigenvalue weighted by molar-refractivity contribution is 14.2. The molecule has 0 bridgehead atoms. The molecule has 3 aliphatic heterocycles. The van der Waals surface area contributed by atoms with Crippen molar-refractivity contribution in [2.75, 3.05) is 24.6 Å². The van der Waals surface area contributed by atoms with Crippen LogP contribution in [-0.4, -0.2) is 54.3 Å². The minimum absolute atomic E-state index is 0.115. The average Bonchev–Trinajstić information content (AvgIpc) is 2.97. The number of benzene rings is 1. The van der Waals surface area contributed by atoms with Gasteiger partial charge in [0.2, 0.25) is 11.8 Å². The van der Waals surface area contributed by atoms with Gasteiger partial charge in [0.25, 0.3) is 11.8 Å². The van der Waals surface area contributed by atoms with Gasteiger partial charge >= 0.3 is 0 Å². The fourth-order valence-electron chi connectivity index (χ4n) is 4.14. The number of anilines is 1. The van der Waals surface area contributed by atoms with Crippen molar-refractivity contribution in [2.45, 2.75) is 31.7 Å². The fourth-order valence-corrected chi connectivity index (χ4v) is 4.82. The monoisotopic (exact) mass is 529 g/mol. The van der Waals surface area contributed by atoms with Crippen LogP contribution >= 0.6 is 30.4 Å². The summed E-state index contributed by atoms with van der Waals surface area (Å²) in [5.74, 6) is -1.39. The van der Waals surface area contributed by atoms with Gasteiger partial charge in [-0.1, -0.05) is 0 Å². The first kappa shape index (κ1) is 20.6. The molecular formula is C19H20IN3O5S. The smallest absolute Gasteiger partial charge is 0.262 e. The normalized spacial score (nSPS) is 22.9. The molecule has 3 heterocycles. The van der Waals surface area contributed by atoms with E-state index in [9.17, 15) is 19.2 Å². The van der Waals surface area contributed by atoms with Crippen LogP contribution in [-0.2, 0) is 13.8 Å². The molecule has 0 radical (unpaired) electrons. The van der Waals surface area contributed by atoms with Crippen molar-refractivity contribution < 1.29 is 23.4 Å². The SMILES string of the molecule is O=C1CCC(N2C(=O)c3ccc(N4CCC(COSI)CC4)cc3C2=O)C(=O)N1. The van der Waals surface area contributed by atoms with Crippen LogP contribution < -0.4 is 10.2 Å². The summed E-state index contributed by atoms with van der Waals surface area (Å²) in [5, 5.41) is 2.21. The second-order valence-corrected chi connectivity index (χ2v) is 8.90. The van der Waals surface area contributed by atoms with Gasteiger partial charge in [-0.2, -0.15) is 0 Å². The van der Waals surface area contributed by atoms with E-state index in [1.807, 2.05) is 6.07 Å². The van der Waals surface area contributed by atoms with E-state index in [1.54, 1.807) is 12.1 Å². The largest absolute Gasteiger partial charge is 0.371 e. The lowest BCUT2D eigenvalue weighted by Gasteiger charge is -2.33. The predicted octanol–water partition coefficient (Wildman–Crippen LogP) is 2.32. The van der Waals surface area contributed by atoms with Gasteiger partial charge in [-0.15, -0.1) is 0 Å². The molecule has 0 aliphatic carbocycles. The molecule has 29 heavy (non-hydrogen) atoms.